The Labute approximate surface area is 240 Å². The van der Waals surface area contributed by atoms with Crippen LogP contribution in [-0.2, 0) is 17.9 Å². The van der Waals surface area contributed by atoms with Gasteiger partial charge in [0.1, 0.15) is 6.61 Å². The van der Waals surface area contributed by atoms with Gasteiger partial charge in [-0.2, -0.15) is 0 Å². The van der Waals surface area contributed by atoms with Crippen LogP contribution in [0.5, 0.6) is 11.5 Å². The summed E-state index contributed by atoms with van der Waals surface area (Å²) in [5, 5.41) is 8.75. The molecule has 1 N–H and O–H groups in total. The van der Waals surface area contributed by atoms with Crippen LogP contribution in [0.25, 0.3) is 6.08 Å². The summed E-state index contributed by atoms with van der Waals surface area (Å²) < 4.78 is 13.5. The van der Waals surface area contributed by atoms with Crippen molar-refractivity contribution in [1.29, 1.82) is 0 Å². The number of carboxylic acid groups (broad SMARTS) is 1. The highest BCUT2D eigenvalue weighted by Gasteiger charge is 2.35. The van der Waals surface area contributed by atoms with Crippen molar-refractivity contribution in [3.63, 3.8) is 0 Å². The van der Waals surface area contributed by atoms with Gasteiger partial charge in [0.25, 0.3) is 11.1 Å². The number of ether oxygens (including phenoxy) is 2. The summed E-state index contributed by atoms with van der Waals surface area (Å²) in [5.74, 6) is -0.263. The summed E-state index contributed by atoms with van der Waals surface area (Å²) in [6.07, 6.45) is 1.69. The van der Waals surface area contributed by atoms with Crippen LogP contribution in [-0.4, -0.2) is 33.7 Å². The summed E-state index contributed by atoms with van der Waals surface area (Å²) in [6.45, 7) is 2.70. The lowest BCUT2D eigenvalue weighted by Gasteiger charge is -2.15. The fourth-order valence-electron chi connectivity index (χ4n) is 3.53. The van der Waals surface area contributed by atoms with E-state index in [-0.39, 0.29) is 29.9 Å². The second-order valence-electron chi connectivity index (χ2n) is 7.95. The van der Waals surface area contributed by atoms with Crippen LogP contribution in [0.2, 0.25) is 0 Å². The van der Waals surface area contributed by atoms with Gasteiger partial charge in [-0.1, -0.05) is 40.2 Å². The van der Waals surface area contributed by atoms with E-state index in [1.54, 1.807) is 24.3 Å². The average molecular weight is 694 g/mol. The lowest BCUT2D eigenvalue weighted by molar-refractivity contribution is -0.123. The molecule has 0 radical (unpaired) electrons. The highest BCUT2D eigenvalue weighted by Crippen LogP contribution is 2.38. The van der Waals surface area contributed by atoms with Gasteiger partial charge in [0, 0.05) is 4.47 Å². The third kappa shape index (κ3) is 6.74. The molecule has 3 aromatic carbocycles. The molecular formula is C27H21BrINO6S. The van der Waals surface area contributed by atoms with E-state index in [9.17, 15) is 14.4 Å². The van der Waals surface area contributed by atoms with Gasteiger partial charge in [-0.15, -0.1) is 0 Å². The Balaban J connectivity index is 1.52. The SMILES string of the molecule is CCOc1cc(/C=C2\SC(=O)N(Cc3ccc(Br)cc3)C2=O)cc(I)c1OCc1ccc(C(=O)O)cc1. The fourth-order valence-corrected chi connectivity index (χ4v) is 5.42. The van der Waals surface area contributed by atoms with Gasteiger partial charge in [0.2, 0.25) is 0 Å². The first-order chi connectivity index (χ1) is 17.7. The zero-order chi connectivity index (χ0) is 26.5. The van der Waals surface area contributed by atoms with Gasteiger partial charge in [0.15, 0.2) is 11.5 Å². The lowest BCUT2D eigenvalue weighted by atomic mass is 10.1. The van der Waals surface area contributed by atoms with E-state index in [0.29, 0.717) is 28.6 Å². The molecule has 0 aliphatic carbocycles. The van der Waals surface area contributed by atoms with E-state index >= 15 is 0 Å². The zero-order valence-electron chi connectivity index (χ0n) is 19.6. The normalized spacial score (nSPS) is 14.4. The third-order valence-electron chi connectivity index (χ3n) is 5.34. The van der Waals surface area contributed by atoms with Crippen molar-refractivity contribution in [2.24, 2.45) is 0 Å². The number of imide groups is 1. The maximum absolute atomic E-state index is 13.0. The summed E-state index contributed by atoms with van der Waals surface area (Å²) in [6, 6.07) is 17.6. The van der Waals surface area contributed by atoms with E-state index in [1.807, 2.05) is 37.3 Å². The molecule has 0 unspecified atom stereocenters. The van der Waals surface area contributed by atoms with Gasteiger partial charge < -0.3 is 14.6 Å². The quantitative estimate of drug-likeness (QED) is 0.191. The Bertz CT molecular complexity index is 1370. The number of hydrogen-bond acceptors (Lipinski definition) is 6. The number of aromatic carboxylic acids is 1. The molecule has 0 bridgehead atoms. The molecule has 37 heavy (non-hydrogen) atoms. The van der Waals surface area contributed by atoms with Gasteiger partial charge in [-0.3, -0.25) is 14.5 Å². The molecule has 0 spiro atoms. The Morgan fingerprint density at radius 1 is 1.05 bits per heavy atom. The molecule has 10 heteroatoms. The molecule has 1 saturated heterocycles. The van der Waals surface area contributed by atoms with Crippen molar-refractivity contribution < 1.29 is 29.0 Å². The number of hydrogen-bond donors (Lipinski definition) is 1. The summed E-state index contributed by atoms with van der Waals surface area (Å²) in [7, 11) is 0. The summed E-state index contributed by atoms with van der Waals surface area (Å²) >= 11 is 6.44. The molecule has 0 saturated carbocycles. The monoisotopic (exact) mass is 693 g/mol. The number of carbonyl (C=O) groups is 3. The molecule has 0 atom stereocenters. The Morgan fingerprint density at radius 2 is 1.73 bits per heavy atom. The number of carbonyl (C=O) groups excluding carboxylic acids is 2. The molecule has 4 rings (SSSR count). The van der Waals surface area contributed by atoms with Crippen molar-refractivity contribution in [3.8, 4) is 11.5 Å². The minimum Gasteiger partial charge on any atom is -0.490 e. The van der Waals surface area contributed by atoms with Crippen LogP contribution in [0.4, 0.5) is 4.79 Å². The van der Waals surface area contributed by atoms with Crippen molar-refractivity contribution in [2.75, 3.05) is 6.61 Å². The van der Waals surface area contributed by atoms with Crippen LogP contribution >= 0.6 is 50.3 Å². The van der Waals surface area contributed by atoms with Crippen molar-refractivity contribution in [1.82, 2.24) is 4.90 Å². The second kappa shape index (κ2) is 12.1. The van der Waals surface area contributed by atoms with Gasteiger partial charge >= 0.3 is 5.97 Å². The molecule has 1 aliphatic rings. The first-order valence-corrected chi connectivity index (χ1v) is 13.8. The van der Waals surface area contributed by atoms with Crippen LogP contribution in [0.3, 0.4) is 0 Å². The number of nitrogens with zero attached hydrogens (tertiary/aromatic N) is 1. The standard InChI is InChI=1S/C27H21BrINO6S/c1-2-35-22-12-18(11-21(29)24(22)36-15-17-3-7-19(8-4-17)26(32)33)13-23-25(31)30(27(34)37-23)14-16-5-9-20(28)10-6-16/h3-13H,2,14-15H2,1H3,(H,32,33)/b23-13-. The zero-order valence-corrected chi connectivity index (χ0v) is 24.1. The minimum absolute atomic E-state index is 0.206. The van der Waals surface area contributed by atoms with Crippen LogP contribution in [0, 0.1) is 3.57 Å². The Kier molecular flexibility index (Phi) is 8.93. The molecule has 1 heterocycles. The number of carboxylic acids is 1. The molecule has 3 aromatic rings. The van der Waals surface area contributed by atoms with Crippen molar-refractivity contribution in [2.45, 2.75) is 20.1 Å². The van der Waals surface area contributed by atoms with E-state index in [4.69, 9.17) is 14.6 Å². The largest absolute Gasteiger partial charge is 0.490 e. The average Bonchev–Trinajstić information content (AvgIpc) is 3.12. The molecule has 2 amide bonds. The van der Waals surface area contributed by atoms with Crippen molar-refractivity contribution in [3.05, 3.63) is 95.9 Å². The summed E-state index contributed by atoms with van der Waals surface area (Å²) in [5.41, 5.74) is 2.59. The molecule has 1 aliphatic heterocycles. The number of thioether (sulfide) groups is 1. The third-order valence-corrected chi connectivity index (χ3v) is 7.58. The van der Waals surface area contributed by atoms with Gasteiger partial charge in [-0.25, -0.2) is 4.79 Å². The van der Waals surface area contributed by atoms with E-state index in [0.717, 1.165) is 30.9 Å². The molecule has 190 valence electrons. The maximum Gasteiger partial charge on any atom is 0.335 e. The highest BCUT2D eigenvalue weighted by molar-refractivity contribution is 14.1. The number of amides is 2. The number of halogens is 2. The Morgan fingerprint density at radius 3 is 2.38 bits per heavy atom. The number of benzene rings is 3. The molecule has 1 fully saturated rings. The lowest BCUT2D eigenvalue weighted by Crippen LogP contribution is -2.27. The van der Waals surface area contributed by atoms with Crippen LogP contribution < -0.4 is 9.47 Å². The van der Waals surface area contributed by atoms with E-state index in [2.05, 4.69) is 38.5 Å². The predicted octanol–water partition coefficient (Wildman–Crippen LogP) is 6.97. The van der Waals surface area contributed by atoms with Crippen molar-refractivity contribution >= 4 is 73.5 Å². The van der Waals surface area contributed by atoms with E-state index in [1.165, 1.54) is 17.0 Å². The topological polar surface area (TPSA) is 93.1 Å². The van der Waals surface area contributed by atoms with E-state index < -0.39 is 5.97 Å². The fraction of sp³-hybridized carbons (Fsp3) is 0.148. The van der Waals surface area contributed by atoms with Crippen LogP contribution in [0.15, 0.2) is 70.0 Å². The minimum atomic E-state index is -0.984. The molecule has 7 nitrogen and oxygen atoms in total. The number of rotatable bonds is 9. The molecule has 0 aromatic heterocycles. The second-order valence-corrected chi connectivity index (χ2v) is 11.0. The first kappa shape index (κ1) is 27.2. The smallest absolute Gasteiger partial charge is 0.335 e. The molecular weight excluding hydrogens is 673 g/mol. The summed E-state index contributed by atoms with van der Waals surface area (Å²) in [4.78, 5) is 38.2. The maximum atomic E-state index is 13.0. The predicted molar refractivity (Wildman–Crippen MR) is 154 cm³/mol. The van der Waals surface area contributed by atoms with Gasteiger partial charge in [-0.05, 0) is 100 Å². The van der Waals surface area contributed by atoms with Gasteiger partial charge in [0.05, 0.1) is 27.2 Å². The van der Waals surface area contributed by atoms with Crippen LogP contribution in [0.1, 0.15) is 34.0 Å². The Hall–Kier alpha value is -2.83. The first-order valence-electron chi connectivity index (χ1n) is 11.2. The highest BCUT2D eigenvalue weighted by atomic mass is 127.